The normalized spacial score (nSPS) is 11.7. The monoisotopic (exact) mass is 297 g/mol. The van der Waals surface area contributed by atoms with Crippen molar-refractivity contribution in [3.8, 4) is 5.69 Å². The number of carbonyl (C=O) groups is 1. The lowest BCUT2D eigenvalue weighted by molar-refractivity contribution is -0.137. The summed E-state index contributed by atoms with van der Waals surface area (Å²) < 4.78 is 39.6. The van der Waals surface area contributed by atoms with Gasteiger partial charge in [0.2, 0.25) is 0 Å². The molecule has 0 radical (unpaired) electrons. The SMILES string of the molecule is CCC(=O)c1nnn(-c2cccc(C(F)(F)F)c2)c1CC. The van der Waals surface area contributed by atoms with Gasteiger partial charge in [0, 0.05) is 6.42 Å². The molecule has 1 aromatic carbocycles. The highest BCUT2D eigenvalue weighted by Crippen LogP contribution is 2.30. The van der Waals surface area contributed by atoms with Crippen molar-refractivity contribution in [2.75, 3.05) is 0 Å². The Hall–Kier alpha value is -2.18. The largest absolute Gasteiger partial charge is 0.416 e. The molecule has 0 aliphatic heterocycles. The maximum absolute atomic E-state index is 12.8. The number of hydrogen-bond acceptors (Lipinski definition) is 3. The molecular weight excluding hydrogens is 283 g/mol. The van der Waals surface area contributed by atoms with Crippen LogP contribution in [0.4, 0.5) is 13.2 Å². The molecule has 0 saturated heterocycles. The third kappa shape index (κ3) is 2.96. The Balaban J connectivity index is 2.53. The van der Waals surface area contributed by atoms with Crippen LogP contribution in [0.15, 0.2) is 24.3 Å². The van der Waals surface area contributed by atoms with Gasteiger partial charge in [-0.25, -0.2) is 4.68 Å². The van der Waals surface area contributed by atoms with E-state index < -0.39 is 11.7 Å². The maximum atomic E-state index is 12.8. The van der Waals surface area contributed by atoms with Crippen LogP contribution in [0.3, 0.4) is 0 Å². The molecule has 0 fully saturated rings. The van der Waals surface area contributed by atoms with Crippen molar-refractivity contribution in [2.24, 2.45) is 0 Å². The molecule has 4 nitrogen and oxygen atoms in total. The van der Waals surface area contributed by atoms with Crippen LogP contribution in [-0.4, -0.2) is 20.8 Å². The van der Waals surface area contributed by atoms with E-state index in [1.54, 1.807) is 13.8 Å². The van der Waals surface area contributed by atoms with Crippen LogP contribution in [-0.2, 0) is 12.6 Å². The van der Waals surface area contributed by atoms with Crippen molar-refractivity contribution < 1.29 is 18.0 Å². The summed E-state index contributed by atoms with van der Waals surface area (Å²) in [6, 6.07) is 4.79. The van der Waals surface area contributed by atoms with Gasteiger partial charge in [-0.05, 0) is 24.6 Å². The van der Waals surface area contributed by atoms with E-state index in [4.69, 9.17) is 0 Å². The minimum Gasteiger partial charge on any atom is -0.292 e. The van der Waals surface area contributed by atoms with Crippen molar-refractivity contribution >= 4 is 5.78 Å². The number of alkyl halides is 3. The van der Waals surface area contributed by atoms with Gasteiger partial charge in [0.05, 0.1) is 16.9 Å². The van der Waals surface area contributed by atoms with Crippen molar-refractivity contribution in [1.29, 1.82) is 0 Å². The van der Waals surface area contributed by atoms with E-state index in [-0.39, 0.29) is 23.6 Å². The van der Waals surface area contributed by atoms with E-state index in [1.165, 1.54) is 16.8 Å². The quantitative estimate of drug-likeness (QED) is 0.812. The van der Waals surface area contributed by atoms with Crippen molar-refractivity contribution in [3.63, 3.8) is 0 Å². The molecule has 0 aliphatic carbocycles. The third-order valence-electron chi connectivity index (χ3n) is 3.10. The third-order valence-corrected chi connectivity index (χ3v) is 3.10. The molecule has 112 valence electrons. The van der Waals surface area contributed by atoms with Gasteiger partial charge in [0.25, 0.3) is 0 Å². The van der Waals surface area contributed by atoms with E-state index in [2.05, 4.69) is 10.3 Å². The fourth-order valence-electron chi connectivity index (χ4n) is 2.02. The van der Waals surface area contributed by atoms with Gasteiger partial charge in [-0.3, -0.25) is 4.79 Å². The second-order valence-electron chi connectivity index (χ2n) is 4.47. The van der Waals surface area contributed by atoms with Gasteiger partial charge < -0.3 is 0 Å². The standard InChI is InChI=1S/C14H14F3N3O/c1-3-11-13(12(21)4-2)18-19-20(11)10-7-5-6-9(8-10)14(15,16)17/h5-8H,3-4H2,1-2H3. The molecule has 0 N–H and O–H groups in total. The first-order chi connectivity index (χ1) is 9.88. The van der Waals surface area contributed by atoms with Crippen LogP contribution in [0.1, 0.15) is 42.0 Å². The Bertz CT molecular complexity index is 662. The molecule has 2 rings (SSSR count). The van der Waals surface area contributed by atoms with Crippen LogP contribution < -0.4 is 0 Å². The minimum atomic E-state index is -4.43. The highest BCUT2D eigenvalue weighted by molar-refractivity contribution is 5.95. The molecule has 0 saturated carbocycles. The summed E-state index contributed by atoms with van der Waals surface area (Å²) >= 11 is 0. The maximum Gasteiger partial charge on any atom is 0.416 e. The summed E-state index contributed by atoms with van der Waals surface area (Å²) in [5.74, 6) is -0.176. The van der Waals surface area contributed by atoms with Gasteiger partial charge in [-0.1, -0.05) is 25.1 Å². The number of nitrogens with zero attached hydrogens (tertiary/aromatic N) is 3. The Labute approximate surface area is 119 Å². The highest BCUT2D eigenvalue weighted by atomic mass is 19.4. The highest BCUT2D eigenvalue weighted by Gasteiger charge is 2.31. The second-order valence-corrected chi connectivity index (χ2v) is 4.47. The zero-order valence-corrected chi connectivity index (χ0v) is 11.6. The summed E-state index contributed by atoms with van der Waals surface area (Å²) in [7, 11) is 0. The number of hydrogen-bond donors (Lipinski definition) is 0. The Kier molecular flexibility index (Phi) is 4.11. The van der Waals surface area contributed by atoms with E-state index in [0.29, 0.717) is 12.1 Å². The van der Waals surface area contributed by atoms with E-state index in [1.807, 2.05) is 0 Å². The van der Waals surface area contributed by atoms with Gasteiger partial charge in [0.1, 0.15) is 0 Å². The van der Waals surface area contributed by atoms with Gasteiger partial charge >= 0.3 is 6.18 Å². The molecule has 0 amide bonds. The first-order valence-electron chi connectivity index (χ1n) is 6.53. The number of rotatable bonds is 4. The van der Waals surface area contributed by atoms with Crippen LogP contribution in [0.5, 0.6) is 0 Å². The summed E-state index contributed by atoms with van der Waals surface area (Å²) in [6.07, 6.45) is -3.70. The van der Waals surface area contributed by atoms with Crippen molar-refractivity contribution in [1.82, 2.24) is 15.0 Å². The lowest BCUT2D eigenvalue weighted by Gasteiger charge is -2.10. The molecule has 2 aromatic rings. The average molecular weight is 297 g/mol. The predicted octanol–water partition coefficient (Wildman–Crippen LogP) is 3.44. The molecule has 21 heavy (non-hydrogen) atoms. The molecule has 0 unspecified atom stereocenters. The van der Waals surface area contributed by atoms with Gasteiger partial charge in [0.15, 0.2) is 11.5 Å². The molecule has 0 aliphatic rings. The number of aromatic nitrogens is 3. The molecular formula is C14H14F3N3O. The van der Waals surface area contributed by atoms with E-state index >= 15 is 0 Å². The average Bonchev–Trinajstić information content (AvgIpc) is 2.89. The van der Waals surface area contributed by atoms with E-state index in [9.17, 15) is 18.0 Å². The smallest absolute Gasteiger partial charge is 0.292 e. The number of halogens is 3. The predicted molar refractivity (Wildman–Crippen MR) is 70.4 cm³/mol. The Morgan fingerprint density at radius 1 is 1.29 bits per heavy atom. The zero-order chi connectivity index (χ0) is 15.6. The van der Waals surface area contributed by atoms with Crippen LogP contribution in [0, 0.1) is 0 Å². The van der Waals surface area contributed by atoms with Crippen molar-refractivity contribution in [2.45, 2.75) is 32.9 Å². The minimum absolute atomic E-state index is 0.176. The molecule has 0 spiro atoms. The Morgan fingerprint density at radius 3 is 2.57 bits per heavy atom. The number of carbonyl (C=O) groups excluding carboxylic acids is 1. The fraction of sp³-hybridized carbons (Fsp3) is 0.357. The molecule has 1 heterocycles. The zero-order valence-electron chi connectivity index (χ0n) is 11.6. The summed E-state index contributed by atoms with van der Waals surface area (Å²) in [4.78, 5) is 11.8. The molecule has 0 bridgehead atoms. The first kappa shape index (κ1) is 15.2. The second kappa shape index (κ2) is 5.67. The first-order valence-corrected chi connectivity index (χ1v) is 6.53. The lowest BCUT2D eigenvalue weighted by atomic mass is 10.1. The summed E-state index contributed by atoms with van der Waals surface area (Å²) in [5.41, 5.74) is 0.212. The van der Waals surface area contributed by atoms with E-state index in [0.717, 1.165) is 12.1 Å². The van der Waals surface area contributed by atoms with Crippen LogP contribution in [0.2, 0.25) is 0 Å². The fourth-order valence-corrected chi connectivity index (χ4v) is 2.02. The number of Topliss-reactive ketones (excluding diaryl/α,β-unsaturated/α-hetero) is 1. The lowest BCUT2D eigenvalue weighted by Crippen LogP contribution is -2.09. The summed E-state index contributed by atoms with van der Waals surface area (Å²) in [5, 5.41) is 7.64. The number of benzene rings is 1. The van der Waals surface area contributed by atoms with Crippen LogP contribution in [0.25, 0.3) is 5.69 Å². The van der Waals surface area contributed by atoms with Gasteiger partial charge in [-0.15, -0.1) is 5.10 Å². The molecule has 0 atom stereocenters. The summed E-state index contributed by atoms with van der Waals surface area (Å²) in [6.45, 7) is 3.50. The molecule has 7 heteroatoms. The topological polar surface area (TPSA) is 47.8 Å². The Morgan fingerprint density at radius 2 is 2.00 bits per heavy atom. The van der Waals surface area contributed by atoms with Gasteiger partial charge in [-0.2, -0.15) is 13.2 Å². The van der Waals surface area contributed by atoms with Crippen LogP contribution >= 0.6 is 0 Å². The molecule has 1 aromatic heterocycles. The number of ketones is 1. The van der Waals surface area contributed by atoms with Crippen molar-refractivity contribution in [3.05, 3.63) is 41.2 Å².